The van der Waals surface area contributed by atoms with Crippen LogP contribution in [0.15, 0.2) is 19.2 Å². The molecular weight excluding hydrogens is 294 g/mol. The zero-order valence-corrected chi connectivity index (χ0v) is 12.4. The maximum absolute atomic E-state index is 11.6. The van der Waals surface area contributed by atoms with Crippen molar-refractivity contribution < 1.29 is 9.05 Å². The molecule has 0 amide bonds. The minimum Gasteiger partial charge on any atom is -0.340 e. The normalized spacial score (nSPS) is 11.1. The Balaban J connectivity index is 1.64. The summed E-state index contributed by atoms with van der Waals surface area (Å²) in [5.74, 6) is 2.01. The number of rotatable bonds is 5. The van der Waals surface area contributed by atoms with Gasteiger partial charge in [-0.15, -0.1) is 0 Å². The van der Waals surface area contributed by atoms with E-state index in [1.165, 1.54) is 11.3 Å². The van der Waals surface area contributed by atoms with E-state index in [2.05, 4.69) is 20.3 Å². The summed E-state index contributed by atoms with van der Waals surface area (Å²) in [5, 5.41) is 9.48. The van der Waals surface area contributed by atoms with E-state index in [9.17, 15) is 4.79 Å². The molecule has 21 heavy (non-hydrogen) atoms. The Morgan fingerprint density at radius 2 is 1.95 bits per heavy atom. The molecule has 0 fully saturated rings. The lowest BCUT2D eigenvalue weighted by Gasteiger charge is -2.00. The van der Waals surface area contributed by atoms with Gasteiger partial charge in [0.15, 0.2) is 11.6 Å². The van der Waals surface area contributed by atoms with Gasteiger partial charge in [-0.25, -0.2) is 0 Å². The molecule has 3 aromatic rings. The van der Waals surface area contributed by atoms with Crippen LogP contribution in [-0.2, 0) is 19.4 Å². The second-order valence-corrected chi connectivity index (χ2v) is 5.38. The van der Waals surface area contributed by atoms with E-state index in [0.717, 1.165) is 5.69 Å². The molecule has 0 saturated carbocycles. The first-order valence-electron chi connectivity index (χ1n) is 6.37. The number of thiazole rings is 1. The van der Waals surface area contributed by atoms with Gasteiger partial charge in [-0.2, -0.15) is 9.97 Å². The van der Waals surface area contributed by atoms with Crippen molar-refractivity contribution in [3.63, 3.8) is 0 Å². The Morgan fingerprint density at radius 1 is 1.19 bits per heavy atom. The molecule has 0 aliphatic heterocycles. The van der Waals surface area contributed by atoms with Gasteiger partial charge in [0, 0.05) is 31.0 Å². The Bertz CT molecular complexity index is 800. The van der Waals surface area contributed by atoms with Crippen LogP contribution in [0.25, 0.3) is 0 Å². The van der Waals surface area contributed by atoms with Crippen molar-refractivity contribution in [1.29, 1.82) is 0 Å². The predicted octanol–water partition coefficient (Wildman–Crippen LogP) is 1.13. The summed E-state index contributed by atoms with van der Waals surface area (Å²) >= 11 is 1.19. The largest absolute Gasteiger partial charge is 0.340 e. The third-order valence-corrected chi connectivity index (χ3v) is 3.80. The van der Waals surface area contributed by atoms with Gasteiger partial charge in [0.25, 0.3) is 0 Å². The summed E-state index contributed by atoms with van der Waals surface area (Å²) in [5.41, 5.74) is 0.937. The van der Waals surface area contributed by atoms with E-state index in [1.54, 1.807) is 11.5 Å². The molecule has 110 valence electrons. The second kappa shape index (κ2) is 5.60. The van der Waals surface area contributed by atoms with Crippen molar-refractivity contribution in [2.75, 3.05) is 0 Å². The smallest absolute Gasteiger partial charge is 0.307 e. The molecular formula is C12H13N5O3S. The third-order valence-electron chi connectivity index (χ3n) is 2.92. The Morgan fingerprint density at radius 3 is 2.62 bits per heavy atom. The average molecular weight is 307 g/mol. The lowest BCUT2D eigenvalue weighted by atomic mass is 10.3. The van der Waals surface area contributed by atoms with Crippen LogP contribution >= 0.6 is 11.3 Å². The number of hydrogen-bond acceptors (Lipinski definition) is 8. The first kappa shape index (κ1) is 13.7. The highest BCUT2D eigenvalue weighted by Gasteiger charge is 2.11. The van der Waals surface area contributed by atoms with Crippen LogP contribution in [0.2, 0.25) is 0 Å². The van der Waals surface area contributed by atoms with E-state index in [1.807, 2.05) is 12.3 Å². The molecule has 0 saturated heterocycles. The Kier molecular flexibility index (Phi) is 3.65. The quantitative estimate of drug-likeness (QED) is 0.696. The zero-order chi connectivity index (χ0) is 14.8. The summed E-state index contributed by atoms with van der Waals surface area (Å²) in [6, 6.07) is 0. The Hall–Kier alpha value is -2.29. The van der Waals surface area contributed by atoms with E-state index < -0.39 is 0 Å². The van der Waals surface area contributed by atoms with Crippen LogP contribution in [0, 0.1) is 13.8 Å². The highest BCUT2D eigenvalue weighted by atomic mass is 32.1. The van der Waals surface area contributed by atoms with Crippen LogP contribution in [0.3, 0.4) is 0 Å². The van der Waals surface area contributed by atoms with Gasteiger partial charge in [-0.05, 0) is 6.92 Å². The fourth-order valence-corrected chi connectivity index (χ4v) is 2.66. The first-order chi connectivity index (χ1) is 10.1. The summed E-state index contributed by atoms with van der Waals surface area (Å²) in [6.45, 7) is 4.14. The Labute approximate surface area is 123 Å². The predicted molar refractivity (Wildman–Crippen MR) is 73.2 cm³/mol. The molecule has 8 nitrogen and oxygen atoms in total. The van der Waals surface area contributed by atoms with Crippen LogP contribution in [0.1, 0.15) is 29.1 Å². The monoisotopic (exact) mass is 307 g/mol. The molecule has 9 heteroatoms. The highest BCUT2D eigenvalue weighted by Crippen LogP contribution is 2.06. The fourth-order valence-electron chi connectivity index (χ4n) is 1.90. The molecule has 0 unspecified atom stereocenters. The summed E-state index contributed by atoms with van der Waals surface area (Å²) in [4.78, 5) is 20.0. The lowest BCUT2D eigenvalue weighted by molar-refractivity contribution is 0.365. The molecule has 0 aliphatic carbocycles. The minimum atomic E-state index is 0.0227. The average Bonchev–Trinajstić information content (AvgIpc) is 3.13. The third kappa shape index (κ3) is 3.07. The van der Waals surface area contributed by atoms with Crippen molar-refractivity contribution in [2.24, 2.45) is 0 Å². The molecule has 0 spiro atoms. The number of aryl methyl sites for hydroxylation is 3. The standard InChI is InChI=1S/C12H13N5O3S/c1-7-6-21-12(18)17(7)4-3-11-14-10(16-20-11)5-9-13-8(2)19-15-9/h6H,3-5H2,1-2H3. The maximum Gasteiger partial charge on any atom is 0.307 e. The molecule has 0 aliphatic rings. The summed E-state index contributed by atoms with van der Waals surface area (Å²) in [7, 11) is 0. The van der Waals surface area contributed by atoms with Crippen molar-refractivity contribution in [1.82, 2.24) is 24.8 Å². The molecule has 0 aromatic carbocycles. The molecule has 0 bridgehead atoms. The molecule has 3 heterocycles. The van der Waals surface area contributed by atoms with Gasteiger partial charge in [-0.1, -0.05) is 21.7 Å². The fraction of sp³-hybridized carbons (Fsp3) is 0.417. The van der Waals surface area contributed by atoms with Crippen LogP contribution in [0.5, 0.6) is 0 Å². The van der Waals surface area contributed by atoms with Gasteiger partial charge < -0.3 is 13.6 Å². The van der Waals surface area contributed by atoms with E-state index in [0.29, 0.717) is 42.8 Å². The molecule has 0 radical (unpaired) electrons. The number of nitrogens with zero attached hydrogens (tertiary/aromatic N) is 5. The summed E-state index contributed by atoms with van der Waals surface area (Å²) < 4.78 is 11.7. The first-order valence-corrected chi connectivity index (χ1v) is 7.25. The van der Waals surface area contributed by atoms with Crippen molar-refractivity contribution >= 4 is 11.3 Å². The van der Waals surface area contributed by atoms with Crippen LogP contribution < -0.4 is 4.87 Å². The van der Waals surface area contributed by atoms with E-state index in [-0.39, 0.29) is 4.87 Å². The molecule has 3 aromatic heterocycles. The van der Waals surface area contributed by atoms with Gasteiger partial charge in [-0.3, -0.25) is 4.79 Å². The lowest BCUT2D eigenvalue weighted by Crippen LogP contribution is -2.16. The molecule has 3 rings (SSSR count). The minimum absolute atomic E-state index is 0.0227. The summed E-state index contributed by atoms with van der Waals surface area (Å²) in [6.07, 6.45) is 0.869. The number of hydrogen-bond donors (Lipinski definition) is 0. The molecule has 0 atom stereocenters. The van der Waals surface area contributed by atoms with Crippen LogP contribution in [-0.4, -0.2) is 24.8 Å². The SMILES string of the molecule is Cc1nc(Cc2noc(CCn3c(C)csc3=O)n2)no1. The van der Waals surface area contributed by atoms with Crippen LogP contribution in [0.4, 0.5) is 0 Å². The second-order valence-electron chi connectivity index (χ2n) is 4.56. The van der Waals surface area contributed by atoms with Gasteiger partial charge >= 0.3 is 4.87 Å². The maximum atomic E-state index is 11.6. The van der Waals surface area contributed by atoms with E-state index >= 15 is 0 Å². The topological polar surface area (TPSA) is 99.8 Å². The zero-order valence-electron chi connectivity index (χ0n) is 11.6. The van der Waals surface area contributed by atoms with Crippen molar-refractivity contribution in [3.8, 4) is 0 Å². The van der Waals surface area contributed by atoms with Crippen molar-refractivity contribution in [2.45, 2.75) is 33.2 Å². The van der Waals surface area contributed by atoms with E-state index in [4.69, 9.17) is 9.05 Å². The van der Waals surface area contributed by atoms with Gasteiger partial charge in [0.1, 0.15) is 0 Å². The highest BCUT2D eigenvalue weighted by molar-refractivity contribution is 7.07. The van der Waals surface area contributed by atoms with Gasteiger partial charge in [0.2, 0.25) is 11.8 Å². The molecule has 0 N–H and O–H groups in total. The van der Waals surface area contributed by atoms with Crippen molar-refractivity contribution in [3.05, 3.63) is 44.2 Å². The van der Waals surface area contributed by atoms with Gasteiger partial charge in [0.05, 0.1) is 6.42 Å². The number of aromatic nitrogens is 5.